The number of carbonyl (C=O) groups is 1. The van der Waals surface area contributed by atoms with Gasteiger partial charge >= 0.3 is 0 Å². The van der Waals surface area contributed by atoms with E-state index in [4.69, 9.17) is 16.1 Å². The molecule has 0 saturated heterocycles. The standard InChI is InChI=1S/C18H21ClN4O2/c1-12-11-14(19)3-4-15(12)20-16(24)5-6-17-21-18(22-25-17)13-7-9-23(2)10-8-13/h3-4,7,11H,5-6,8-10H2,1-2H3,(H,20,24). The summed E-state index contributed by atoms with van der Waals surface area (Å²) in [5, 5.41) is 7.56. The van der Waals surface area contributed by atoms with Crippen molar-refractivity contribution in [2.45, 2.75) is 26.2 Å². The van der Waals surface area contributed by atoms with Crippen LogP contribution in [0.5, 0.6) is 0 Å². The summed E-state index contributed by atoms with van der Waals surface area (Å²) < 4.78 is 5.27. The zero-order valence-electron chi connectivity index (χ0n) is 14.4. The van der Waals surface area contributed by atoms with Gasteiger partial charge in [-0.25, -0.2) is 0 Å². The molecule has 0 fully saturated rings. The highest BCUT2D eigenvalue weighted by molar-refractivity contribution is 6.30. The molecule has 0 aliphatic carbocycles. The summed E-state index contributed by atoms with van der Waals surface area (Å²) in [4.78, 5) is 18.8. The van der Waals surface area contributed by atoms with Crippen LogP contribution in [0.1, 0.15) is 30.1 Å². The Kier molecular flexibility index (Phi) is 5.50. The molecule has 3 rings (SSSR count). The molecule has 1 amide bonds. The van der Waals surface area contributed by atoms with Crippen molar-refractivity contribution >= 4 is 28.8 Å². The molecule has 6 nitrogen and oxygen atoms in total. The van der Waals surface area contributed by atoms with Gasteiger partial charge in [-0.05, 0) is 49.7 Å². The summed E-state index contributed by atoms with van der Waals surface area (Å²) in [5.74, 6) is 1.03. The highest BCUT2D eigenvalue weighted by atomic mass is 35.5. The monoisotopic (exact) mass is 360 g/mol. The Bertz CT molecular complexity index is 800. The highest BCUT2D eigenvalue weighted by Crippen LogP contribution is 2.21. The van der Waals surface area contributed by atoms with Gasteiger partial charge in [0.15, 0.2) is 5.82 Å². The van der Waals surface area contributed by atoms with E-state index in [0.29, 0.717) is 23.2 Å². The number of nitrogens with one attached hydrogen (secondary N) is 1. The largest absolute Gasteiger partial charge is 0.339 e. The van der Waals surface area contributed by atoms with Gasteiger partial charge in [0, 0.05) is 36.6 Å². The number of aromatic nitrogens is 2. The van der Waals surface area contributed by atoms with Gasteiger partial charge in [-0.1, -0.05) is 22.8 Å². The molecule has 0 unspecified atom stereocenters. The molecule has 0 spiro atoms. The molecule has 0 bridgehead atoms. The molecule has 25 heavy (non-hydrogen) atoms. The molecular weight excluding hydrogens is 340 g/mol. The van der Waals surface area contributed by atoms with E-state index in [0.717, 1.165) is 36.3 Å². The average molecular weight is 361 g/mol. The molecule has 132 valence electrons. The number of amides is 1. The van der Waals surface area contributed by atoms with Gasteiger partial charge < -0.3 is 14.7 Å². The first kappa shape index (κ1) is 17.6. The SMILES string of the molecule is Cc1cc(Cl)ccc1NC(=O)CCc1nc(C2=CCN(C)CC2)no1. The summed E-state index contributed by atoms with van der Waals surface area (Å²) >= 11 is 5.92. The molecule has 0 radical (unpaired) electrons. The van der Waals surface area contributed by atoms with Crippen molar-refractivity contribution in [3.05, 3.63) is 46.6 Å². The van der Waals surface area contributed by atoms with Crippen LogP contribution in [0.25, 0.3) is 5.57 Å². The van der Waals surface area contributed by atoms with Crippen LogP contribution in [-0.4, -0.2) is 41.1 Å². The van der Waals surface area contributed by atoms with Crippen molar-refractivity contribution in [2.75, 3.05) is 25.5 Å². The first-order chi connectivity index (χ1) is 12.0. The molecule has 1 N–H and O–H groups in total. The number of nitrogens with zero attached hydrogens (tertiary/aromatic N) is 3. The van der Waals surface area contributed by atoms with Crippen LogP contribution < -0.4 is 5.32 Å². The Balaban J connectivity index is 1.54. The molecule has 1 aliphatic heterocycles. The smallest absolute Gasteiger partial charge is 0.227 e. The Morgan fingerprint density at radius 1 is 1.44 bits per heavy atom. The van der Waals surface area contributed by atoms with Gasteiger partial charge in [0.1, 0.15) is 0 Å². The number of hydrogen-bond acceptors (Lipinski definition) is 5. The number of halogens is 1. The third kappa shape index (κ3) is 4.67. The van der Waals surface area contributed by atoms with Crippen LogP contribution in [-0.2, 0) is 11.2 Å². The lowest BCUT2D eigenvalue weighted by atomic mass is 10.1. The Morgan fingerprint density at radius 3 is 3.00 bits per heavy atom. The third-order valence-electron chi connectivity index (χ3n) is 4.20. The second-order valence-corrected chi connectivity index (χ2v) is 6.70. The lowest BCUT2D eigenvalue weighted by Crippen LogP contribution is -2.23. The van der Waals surface area contributed by atoms with E-state index in [2.05, 4.69) is 33.5 Å². The quantitative estimate of drug-likeness (QED) is 0.885. The minimum atomic E-state index is -0.0938. The van der Waals surface area contributed by atoms with Crippen molar-refractivity contribution < 1.29 is 9.32 Å². The first-order valence-electron chi connectivity index (χ1n) is 8.28. The molecule has 1 aromatic heterocycles. The topological polar surface area (TPSA) is 71.3 Å². The zero-order chi connectivity index (χ0) is 17.8. The summed E-state index contributed by atoms with van der Waals surface area (Å²) in [5.41, 5.74) is 2.79. The number of benzene rings is 1. The summed E-state index contributed by atoms with van der Waals surface area (Å²) in [6.07, 6.45) is 3.73. The second kappa shape index (κ2) is 7.80. The predicted octanol–water partition coefficient (Wildman–Crippen LogP) is 3.32. The molecule has 7 heteroatoms. The van der Waals surface area contributed by atoms with Crippen molar-refractivity contribution in [2.24, 2.45) is 0 Å². The Morgan fingerprint density at radius 2 is 2.28 bits per heavy atom. The second-order valence-electron chi connectivity index (χ2n) is 6.26. The molecule has 0 saturated carbocycles. The van der Waals surface area contributed by atoms with E-state index < -0.39 is 0 Å². The zero-order valence-corrected chi connectivity index (χ0v) is 15.1. The van der Waals surface area contributed by atoms with Gasteiger partial charge in [-0.2, -0.15) is 4.98 Å². The fourth-order valence-corrected chi connectivity index (χ4v) is 2.89. The van der Waals surface area contributed by atoms with Gasteiger partial charge in [-0.3, -0.25) is 4.79 Å². The maximum absolute atomic E-state index is 12.1. The highest BCUT2D eigenvalue weighted by Gasteiger charge is 2.16. The number of carbonyl (C=O) groups excluding carboxylic acids is 1. The number of aryl methyl sites for hydroxylation is 2. The number of anilines is 1. The van der Waals surface area contributed by atoms with E-state index in [-0.39, 0.29) is 12.3 Å². The van der Waals surface area contributed by atoms with Crippen LogP contribution in [0.3, 0.4) is 0 Å². The van der Waals surface area contributed by atoms with Crippen LogP contribution >= 0.6 is 11.6 Å². The Hall–Kier alpha value is -2.18. The molecule has 2 aromatic rings. The molecule has 1 aromatic carbocycles. The van der Waals surface area contributed by atoms with Crippen molar-refractivity contribution in [1.29, 1.82) is 0 Å². The predicted molar refractivity (Wildman–Crippen MR) is 97.5 cm³/mol. The van der Waals surface area contributed by atoms with Gasteiger partial charge in [0.05, 0.1) is 0 Å². The lowest BCUT2D eigenvalue weighted by Gasteiger charge is -2.19. The van der Waals surface area contributed by atoms with Crippen LogP contribution in [0.15, 0.2) is 28.8 Å². The van der Waals surface area contributed by atoms with Crippen molar-refractivity contribution in [1.82, 2.24) is 15.0 Å². The Labute approximate surface area is 151 Å². The fourth-order valence-electron chi connectivity index (χ4n) is 2.66. The summed E-state index contributed by atoms with van der Waals surface area (Å²) in [6.45, 7) is 3.78. The molecular formula is C18H21ClN4O2. The number of rotatable bonds is 5. The average Bonchev–Trinajstić information content (AvgIpc) is 3.05. The van der Waals surface area contributed by atoms with E-state index in [1.54, 1.807) is 12.1 Å². The van der Waals surface area contributed by atoms with Crippen LogP contribution in [0.2, 0.25) is 5.02 Å². The number of hydrogen-bond donors (Lipinski definition) is 1. The maximum Gasteiger partial charge on any atom is 0.227 e. The van der Waals surface area contributed by atoms with Crippen LogP contribution in [0, 0.1) is 6.92 Å². The fraction of sp³-hybridized carbons (Fsp3) is 0.389. The van der Waals surface area contributed by atoms with E-state index >= 15 is 0 Å². The van der Waals surface area contributed by atoms with E-state index in [1.807, 2.05) is 13.0 Å². The van der Waals surface area contributed by atoms with Gasteiger partial charge in [0.2, 0.25) is 11.8 Å². The van der Waals surface area contributed by atoms with Crippen molar-refractivity contribution in [3.8, 4) is 0 Å². The van der Waals surface area contributed by atoms with Crippen molar-refractivity contribution in [3.63, 3.8) is 0 Å². The normalized spacial score (nSPS) is 15.1. The maximum atomic E-state index is 12.1. The molecule has 1 aliphatic rings. The van der Waals surface area contributed by atoms with E-state index in [1.165, 1.54) is 0 Å². The summed E-state index contributed by atoms with van der Waals surface area (Å²) in [6, 6.07) is 5.37. The third-order valence-corrected chi connectivity index (χ3v) is 4.43. The molecule has 0 atom stereocenters. The summed E-state index contributed by atoms with van der Waals surface area (Å²) in [7, 11) is 2.08. The van der Waals surface area contributed by atoms with E-state index in [9.17, 15) is 4.79 Å². The van der Waals surface area contributed by atoms with Gasteiger partial charge in [-0.15, -0.1) is 0 Å². The minimum absolute atomic E-state index is 0.0938. The lowest BCUT2D eigenvalue weighted by molar-refractivity contribution is -0.116. The van der Waals surface area contributed by atoms with Crippen LogP contribution in [0.4, 0.5) is 5.69 Å². The van der Waals surface area contributed by atoms with Gasteiger partial charge in [0.25, 0.3) is 0 Å². The number of likely N-dealkylation sites (N-methyl/N-ethyl adjacent to an activating group) is 1. The molecule has 2 heterocycles. The minimum Gasteiger partial charge on any atom is -0.339 e. The first-order valence-corrected chi connectivity index (χ1v) is 8.65.